The van der Waals surface area contributed by atoms with Gasteiger partial charge in [0.15, 0.2) is 0 Å². The van der Waals surface area contributed by atoms with Gasteiger partial charge in [-0.2, -0.15) is 0 Å². The van der Waals surface area contributed by atoms with Crippen LogP contribution in [-0.2, 0) is 11.3 Å². The second-order valence-electron chi connectivity index (χ2n) is 6.85. The molecule has 1 fully saturated rings. The van der Waals surface area contributed by atoms with Gasteiger partial charge in [0, 0.05) is 24.1 Å². The van der Waals surface area contributed by atoms with Crippen molar-refractivity contribution in [3.8, 4) is 0 Å². The number of nitrogens with one attached hydrogen (secondary N) is 1. The molecule has 2 aromatic rings. The highest BCUT2D eigenvalue weighted by atomic mass is 19.1. The Morgan fingerprint density at radius 1 is 1.12 bits per heavy atom. The molecule has 0 aromatic heterocycles. The van der Waals surface area contributed by atoms with Crippen molar-refractivity contribution in [2.75, 3.05) is 13.1 Å². The highest BCUT2D eigenvalue weighted by molar-refractivity contribution is 5.78. The maximum Gasteiger partial charge on any atom is 0.223 e. The largest absolute Gasteiger partial charge is 0.352 e. The monoisotopic (exact) mass is 358 g/mol. The predicted molar refractivity (Wildman–Crippen MR) is 97.4 cm³/mol. The van der Waals surface area contributed by atoms with Gasteiger partial charge in [-0.05, 0) is 56.6 Å². The lowest BCUT2D eigenvalue weighted by atomic mass is 9.93. The van der Waals surface area contributed by atoms with Crippen molar-refractivity contribution in [3.05, 3.63) is 71.3 Å². The predicted octanol–water partition coefficient (Wildman–Crippen LogP) is 4.05. The van der Waals surface area contributed by atoms with Crippen LogP contribution in [0.5, 0.6) is 0 Å². The summed E-state index contributed by atoms with van der Waals surface area (Å²) in [6, 6.07) is 13.0. The van der Waals surface area contributed by atoms with Crippen LogP contribution in [0.25, 0.3) is 0 Å². The second-order valence-corrected chi connectivity index (χ2v) is 6.85. The molecule has 26 heavy (non-hydrogen) atoms. The summed E-state index contributed by atoms with van der Waals surface area (Å²) in [5.74, 6) is -0.456. The molecule has 0 bridgehead atoms. The molecule has 2 aromatic carbocycles. The lowest BCUT2D eigenvalue weighted by molar-refractivity contribution is -0.126. The van der Waals surface area contributed by atoms with Gasteiger partial charge in [-0.15, -0.1) is 0 Å². The molecule has 0 saturated carbocycles. The van der Waals surface area contributed by atoms with E-state index >= 15 is 0 Å². The highest BCUT2D eigenvalue weighted by Gasteiger charge is 2.28. The van der Waals surface area contributed by atoms with Crippen molar-refractivity contribution in [1.82, 2.24) is 10.2 Å². The summed E-state index contributed by atoms with van der Waals surface area (Å²) >= 11 is 0. The van der Waals surface area contributed by atoms with Crippen LogP contribution in [0.1, 0.15) is 36.9 Å². The Balaban J connectivity index is 1.49. The number of carbonyl (C=O) groups is 1. The zero-order valence-electron chi connectivity index (χ0n) is 14.9. The molecule has 1 aliphatic heterocycles. The quantitative estimate of drug-likeness (QED) is 0.874. The molecule has 0 radical (unpaired) electrons. The van der Waals surface area contributed by atoms with Crippen LogP contribution in [0.3, 0.4) is 0 Å². The van der Waals surface area contributed by atoms with Gasteiger partial charge in [0.1, 0.15) is 11.6 Å². The molecule has 1 atom stereocenters. The summed E-state index contributed by atoms with van der Waals surface area (Å²) in [4.78, 5) is 14.6. The summed E-state index contributed by atoms with van der Waals surface area (Å²) in [6.07, 6.45) is 1.52. The van der Waals surface area contributed by atoms with E-state index in [1.54, 1.807) is 18.2 Å². The highest BCUT2D eigenvalue weighted by Crippen LogP contribution is 2.28. The second kappa shape index (κ2) is 8.41. The maximum atomic E-state index is 14.0. The first-order valence-electron chi connectivity index (χ1n) is 9.05. The molecule has 1 N–H and O–H groups in total. The van der Waals surface area contributed by atoms with Crippen LogP contribution in [0.15, 0.2) is 48.5 Å². The first-order chi connectivity index (χ1) is 12.5. The standard InChI is InChI=1S/C21H24F2N2O/c1-15(19-4-2-3-5-20(19)23)25-12-10-17(11-13-25)21(26)24-14-16-6-8-18(22)9-7-16/h2-9,15,17H,10-14H2,1H3,(H,24,26). The number of hydrogen-bond donors (Lipinski definition) is 1. The van der Waals surface area contributed by atoms with E-state index in [1.807, 2.05) is 19.1 Å². The Morgan fingerprint density at radius 2 is 1.77 bits per heavy atom. The van der Waals surface area contributed by atoms with Crippen LogP contribution in [-0.4, -0.2) is 23.9 Å². The minimum atomic E-state index is -0.281. The SMILES string of the molecule is CC(c1ccccc1F)N1CCC(C(=O)NCc2ccc(F)cc2)CC1. The van der Waals surface area contributed by atoms with E-state index in [9.17, 15) is 13.6 Å². The van der Waals surface area contributed by atoms with E-state index in [0.717, 1.165) is 31.5 Å². The number of carbonyl (C=O) groups excluding carboxylic acids is 1. The Hall–Kier alpha value is -2.27. The fourth-order valence-electron chi connectivity index (χ4n) is 3.50. The van der Waals surface area contributed by atoms with Crippen LogP contribution < -0.4 is 5.32 Å². The van der Waals surface area contributed by atoms with Crippen LogP contribution in [0.2, 0.25) is 0 Å². The molecule has 0 spiro atoms. The summed E-state index contributed by atoms with van der Waals surface area (Å²) in [6.45, 7) is 3.95. The third-order valence-corrected chi connectivity index (χ3v) is 5.18. The number of halogens is 2. The molecular formula is C21H24F2N2O. The summed E-state index contributed by atoms with van der Waals surface area (Å²) in [7, 11) is 0. The van der Waals surface area contributed by atoms with E-state index < -0.39 is 0 Å². The van der Waals surface area contributed by atoms with Crippen molar-refractivity contribution >= 4 is 5.91 Å². The fourth-order valence-corrected chi connectivity index (χ4v) is 3.50. The number of rotatable bonds is 5. The average molecular weight is 358 g/mol. The summed E-state index contributed by atoms with van der Waals surface area (Å²) < 4.78 is 26.9. The van der Waals surface area contributed by atoms with Gasteiger partial charge in [-0.3, -0.25) is 9.69 Å². The first kappa shape index (κ1) is 18.5. The molecule has 138 valence electrons. The number of amides is 1. The Bertz CT molecular complexity index is 740. The maximum absolute atomic E-state index is 14.0. The molecule has 1 aliphatic rings. The van der Waals surface area contributed by atoms with Gasteiger partial charge in [-0.1, -0.05) is 30.3 Å². The van der Waals surface area contributed by atoms with E-state index in [0.29, 0.717) is 12.1 Å². The van der Waals surface area contributed by atoms with Gasteiger partial charge in [-0.25, -0.2) is 8.78 Å². The summed E-state index contributed by atoms with van der Waals surface area (Å²) in [5, 5.41) is 2.93. The zero-order valence-corrected chi connectivity index (χ0v) is 14.9. The van der Waals surface area contributed by atoms with Gasteiger partial charge in [0.25, 0.3) is 0 Å². The number of piperidine rings is 1. The zero-order chi connectivity index (χ0) is 18.5. The van der Waals surface area contributed by atoms with Gasteiger partial charge >= 0.3 is 0 Å². The van der Waals surface area contributed by atoms with Crippen LogP contribution in [0, 0.1) is 17.6 Å². The van der Waals surface area contributed by atoms with Gasteiger partial charge < -0.3 is 5.32 Å². The molecule has 1 saturated heterocycles. The first-order valence-corrected chi connectivity index (χ1v) is 9.05. The molecule has 3 rings (SSSR count). The van der Waals surface area contributed by atoms with Crippen LogP contribution in [0.4, 0.5) is 8.78 Å². The number of benzene rings is 2. The smallest absolute Gasteiger partial charge is 0.223 e. The number of hydrogen-bond acceptors (Lipinski definition) is 2. The molecule has 1 unspecified atom stereocenters. The van der Waals surface area contributed by atoms with E-state index in [1.165, 1.54) is 18.2 Å². The van der Waals surface area contributed by atoms with E-state index in [-0.39, 0.29) is 29.5 Å². The topological polar surface area (TPSA) is 32.3 Å². The Labute approximate surface area is 153 Å². The van der Waals surface area contributed by atoms with E-state index in [4.69, 9.17) is 0 Å². The van der Waals surface area contributed by atoms with Gasteiger partial charge in [0.05, 0.1) is 0 Å². The fraction of sp³-hybridized carbons (Fsp3) is 0.381. The van der Waals surface area contributed by atoms with Crippen molar-refractivity contribution in [2.45, 2.75) is 32.4 Å². The van der Waals surface area contributed by atoms with Crippen molar-refractivity contribution in [1.29, 1.82) is 0 Å². The third kappa shape index (κ3) is 4.47. The van der Waals surface area contributed by atoms with E-state index in [2.05, 4.69) is 10.2 Å². The average Bonchev–Trinajstić information content (AvgIpc) is 2.67. The normalized spacial score (nSPS) is 17.0. The number of nitrogens with zero attached hydrogens (tertiary/aromatic N) is 1. The molecular weight excluding hydrogens is 334 g/mol. The molecule has 1 amide bonds. The van der Waals surface area contributed by atoms with Crippen LogP contribution >= 0.6 is 0 Å². The Morgan fingerprint density at radius 3 is 2.42 bits per heavy atom. The minimum absolute atomic E-state index is 0.000531. The minimum Gasteiger partial charge on any atom is -0.352 e. The third-order valence-electron chi connectivity index (χ3n) is 5.18. The van der Waals surface area contributed by atoms with Crippen molar-refractivity contribution in [2.24, 2.45) is 5.92 Å². The Kier molecular flexibility index (Phi) is 5.99. The van der Waals surface area contributed by atoms with Crippen molar-refractivity contribution in [3.63, 3.8) is 0 Å². The molecule has 5 heteroatoms. The van der Waals surface area contributed by atoms with Crippen molar-refractivity contribution < 1.29 is 13.6 Å². The lowest BCUT2D eigenvalue weighted by Gasteiger charge is -2.35. The summed E-state index contributed by atoms with van der Waals surface area (Å²) in [5.41, 5.74) is 1.58. The molecule has 1 heterocycles. The lowest BCUT2D eigenvalue weighted by Crippen LogP contribution is -2.41. The van der Waals surface area contributed by atoms with Gasteiger partial charge in [0.2, 0.25) is 5.91 Å². The number of likely N-dealkylation sites (tertiary alicyclic amines) is 1. The molecule has 3 nitrogen and oxygen atoms in total. The molecule has 0 aliphatic carbocycles.